The van der Waals surface area contributed by atoms with Crippen molar-refractivity contribution in [1.82, 2.24) is 0 Å². The largest absolute Gasteiger partial charge is 0.490 e. The molecule has 0 saturated carbocycles. The molecule has 0 aromatic heterocycles. The van der Waals surface area contributed by atoms with Crippen molar-refractivity contribution >= 4 is 17.5 Å². The van der Waals surface area contributed by atoms with Crippen molar-refractivity contribution in [2.24, 2.45) is 5.73 Å². The molecule has 27 heavy (non-hydrogen) atoms. The van der Waals surface area contributed by atoms with E-state index in [-0.39, 0.29) is 19.0 Å². The number of ether oxygens (including phenoxy) is 2. The fourth-order valence-electron chi connectivity index (χ4n) is 2.45. The number of nitrogens with two attached hydrogens (primary N) is 1. The number of nitrogens with one attached hydrogen (secondary N) is 2. The Morgan fingerprint density at radius 1 is 1.19 bits per heavy atom. The second-order valence-corrected chi connectivity index (χ2v) is 5.62. The number of carboxylic acid groups (broad SMARTS) is 1. The third-order valence-electron chi connectivity index (χ3n) is 3.70. The van der Waals surface area contributed by atoms with E-state index in [0.717, 1.165) is 0 Å². The van der Waals surface area contributed by atoms with Crippen LogP contribution in [0.4, 0.5) is 5.69 Å². The van der Waals surface area contributed by atoms with Crippen LogP contribution >= 0.6 is 0 Å². The summed E-state index contributed by atoms with van der Waals surface area (Å²) in [6.07, 6.45) is 0. The van der Waals surface area contributed by atoms with Crippen molar-refractivity contribution in [2.75, 3.05) is 25.1 Å². The van der Waals surface area contributed by atoms with E-state index < -0.39 is 12.0 Å². The minimum atomic E-state index is -1.06. The van der Waals surface area contributed by atoms with E-state index in [9.17, 15) is 9.90 Å². The lowest BCUT2D eigenvalue weighted by Crippen LogP contribution is -2.21. The first-order chi connectivity index (χ1) is 13.0. The van der Waals surface area contributed by atoms with Gasteiger partial charge in [-0.1, -0.05) is 6.07 Å². The third-order valence-corrected chi connectivity index (χ3v) is 3.70. The molecule has 2 aromatic rings. The maximum Gasteiger partial charge on any atom is 0.330 e. The highest BCUT2D eigenvalue weighted by Gasteiger charge is 2.21. The van der Waals surface area contributed by atoms with Crippen molar-refractivity contribution in [2.45, 2.75) is 13.0 Å². The van der Waals surface area contributed by atoms with Gasteiger partial charge in [0.25, 0.3) is 0 Å². The molecule has 2 aromatic carbocycles. The minimum Gasteiger partial charge on any atom is -0.490 e. The average Bonchev–Trinajstić information content (AvgIpc) is 2.65. The molecule has 6 N–H and O–H groups in total. The zero-order valence-corrected chi connectivity index (χ0v) is 14.9. The van der Waals surface area contributed by atoms with Crippen LogP contribution in [-0.2, 0) is 4.79 Å². The summed E-state index contributed by atoms with van der Waals surface area (Å²) in [6, 6.07) is 10.4. The maximum absolute atomic E-state index is 11.8. The quantitative estimate of drug-likeness (QED) is 0.317. The van der Waals surface area contributed by atoms with Crippen LogP contribution < -0.4 is 20.5 Å². The van der Waals surface area contributed by atoms with E-state index in [1.807, 2.05) is 6.92 Å². The lowest BCUT2D eigenvalue weighted by Gasteiger charge is -2.19. The summed E-state index contributed by atoms with van der Waals surface area (Å²) in [5.74, 6) is -0.277. The SMILES string of the molecule is CCOc1cc(C(Nc2ccc(C(=N)N)cc2)C(=O)O)ccc1OCCO. The molecule has 0 saturated heterocycles. The lowest BCUT2D eigenvalue weighted by atomic mass is 10.1. The summed E-state index contributed by atoms with van der Waals surface area (Å²) in [5.41, 5.74) is 7.04. The second-order valence-electron chi connectivity index (χ2n) is 5.62. The summed E-state index contributed by atoms with van der Waals surface area (Å²) in [4.78, 5) is 11.8. The number of hydrogen-bond acceptors (Lipinski definition) is 6. The van der Waals surface area contributed by atoms with Gasteiger partial charge < -0.3 is 30.7 Å². The molecule has 0 fully saturated rings. The number of rotatable bonds is 10. The van der Waals surface area contributed by atoms with Gasteiger partial charge in [-0.3, -0.25) is 5.41 Å². The Hall–Kier alpha value is -3.26. The molecule has 8 heteroatoms. The fourth-order valence-corrected chi connectivity index (χ4v) is 2.45. The molecule has 1 unspecified atom stereocenters. The van der Waals surface area contributed by atoms with Gasteiger partial charge in [0.1, 0.15) is 12.4 Å². The molecule has 0 heterocycles. The molecule has 0 aliphatic heterocycles. The van der Waals surface area contributed by atoms with Crippen LogP contribution in [0, 0.1) is 5.41 Å². The number of benzene rings is 2. The Morgan fingerprint density at radius 3 is 2.44 bits per heavy atom. The van der Waals surface area contributed by atoms with E-state index in [0.29, 0.717) is 34.9 Å². The van der Waals surface area contributed by atoms with E-state index in [1.165, 1.54) is 0 Å². The van der Waals surface area contributed by atoms with E-state index in [1.54, 1.807) is 42.5 Å². The molecule has 8 nitrogen and oxygen atoms in total. The third kappa shape index (κ3) is 5.35. The van der Waals surface area contributed by atoms with Gasteiger partial charge in [0.05, 0.1) is 13.2 Å². The van der Waals surface area contributed by atoms with Crippen molar-refractivity contribution in [3.05, 3.63) is 53.6 Å². The van der Waals surface area contributed by atoms with Crippen LogP contribution in [0.25, 0.3) is 0 Å². The van der Waals surface area contributed by atoms with Gasteiger partial charge in [0, 0.05) is 11.3 Å². The van der Waals surface area contributed by atoms with Crippen LogP contribution in [-0.4, -0.2) is 41.8 Å². The Bertz CT molecular complexity index is 792. The van der Waals surface area contributed by atoms with Gasteiger partial charge in [-0.25, -0.2) is 4.79 Å². The van der Waals surface area contributed by atoms with E-state index in [2.05, 4.69) is 5.32 Å². The van der Waals surface area contributed by atoms with Crippen molar-refractivity contribution < 1.29 is 24.5 Å². The Balaban J connectivity index is 2.28. The van der Waals surface area contributed by atoms with Gasteiger partial charge in [0.15, 0.2) is 17.5 Å². The number of carboxylic acids is 1. The van der Waals surface area contributed by atoms with Crippen LogP contribution in [0.15, 0.2) is 42.5 Å². The number of amidine groups is 1. The number of nitrogen functional groups attached to an aromatic ring is 1. The normalized spacial score (nSPS) is 11.5. The molecule has 0 spiro atoms. The first kappa shape index (κ1) is 20.1. The van der Waals surface area contributed by atoms with E-state index in [4.69, 9.17) is 25.7 Å². The zero-order valence-electron chi connectivity index (χ0n) is 14.9. The maximum atomic E-state index is 11.8. The molecule has 0 bridgehead atoms. The number of aliphatic hydroxyl groups is 1. The number of hydrogen-bond donors (Lipinski definition) is 5. The molecule has 0 aliphatic rings. The summed E-state index contributed by atoms with van der Waals surface area (Å²) in [5, 5.41) is 28.9. The molecule has 0 radical (unpaired) electrons. The minimum absolute atomic E-state index is 0.0591. The van der Waals surface area contributed by atoms with Gasteiger partial charge >= 0.3 is 5.97 Å². The average molecular weight is 373 g/mol. The summed E-state index contributed by atoms with van der Waals surface area (Å²) in [7, 11) is 0. The summed E-state index contributed by atoms with van der Waals surface area (Å²) in [6.45, 7) is 2.17. The monoisotopic (exact) mass is 373 g/mol. The van der Waals surface area contributed by atoms with Gasteiger partial charge in [-0.05, 0) is 48.9 Å². The van der Waals surface area contributed by atoms with Gasteiger partial charge in [0.2, 0.25) is 0 Å². The van der Waals surface area contributed by atoms with Crippen molar-refractivity contribution in [1.29, 1.82) is 5.41 Å². The Labute approximate surface area is 157 Å². The Kier molecular flexibility index (Phi) is 7.01. The lowest BCUT2D eigenvalue weighted by molar-refractivity contribution is -0.138. The smallest absolute Gasteiger partial charge is 0.330 e. The van der Waals surface area contributed by atoms with Crippen molar-refractivity contribution in [3.63, 3.8) is 0 Å². The van der Waals surface area contributed by atoms with E-state index >= 15 is 0 Å². The molecular weight excluding hydrogens is 350 g/mol. The van der Waals surface area contributed by atoms with Crippen LogP contribution in [0.3, 0.4) is 0 Å². The highest BCUT2D eigenvalue weighted by Crippen LogP contribution is 2.32. The number of aliphatic hydroxyl groups excluding tert-OH is 1. The summed E-state index contributed by atoms with van der Waals surface area (Å²) < 4.78 is 10.9. The highest BCUT2D eigenvalue weighted by molar-refractivity contribution is 5.95. The summed E-state index contributed by atoms with van der Waals surface area (Å²) >= 11 is 0. The molecule has 0 amide bonds. The predicted molar refractivity (Wildman–Crippen MR) is 102 cm³/mol. The van der Waals surface area contributed by atoms with Crippen LogP contribution in [0.1, 0.15) is 24.1 Å². The second kappa shape index (κ2) is 9.44. The standard InChI is InChI=1S/C19H23N3O5/c1-2-26-16-11-13(5-8-15(16)27-10-9-23)17(19(24)25)22-14-6-3-12(4-7-14)18(20)21/h3-8,11,17,22-23H,2,9-10H2,1H3,(H3,20,21)(H,24,25). The topological polar surface area (TPSA) is 138 Å². The number of carbonyl (C=O) groups is 1. The Morgan fingerprint density at radius 2 is 1.89 bits per heavy atom. The zero-order chi connectivity index (χ0) is 19.8. The van der Waals surface area contributed by atoms with Gasteiger partial charge in [-0.15, -0.1) is 0 Å². The van der Waals surface area contributed by atoms with Gasteiger partial charge in [-0.2, -0.15) is 0 Å². The van der Waals surface area contributed by atoms with Crippen molar-refractivity contribution in [3.8, 4) is 11.5 Å². The molecular formula is C19H23N3O5. The number of aliphatic carboxylic acids is 1. The van der Waals surface area contributed by atoms with Crippen LogP contribution in [0.2, 0.25) is 0 Å². The highest BCUT2D eigenvalue weighted by atomic mass is 16.5. The van der Waals surface area contributed by atoms with Crippen LogP contribution in [0.5, 0.6) is 11.5 Å². The number of anilines is 1. The molecule has 144 valence electrons. The molecule has 1 atom stereocenters. The molecule has 0 aliphatic carbocycles. The predicted octanol–water partition coefficient (Wildman–Crippen LogP) is 1.98. The fraction of sp³-hybridized carbons (Fsp3) is 0.263. The first-order valence-electron chi connectivity index (χ1n) is 8.40. The molecule has 2 rings (SSSR count). The first-order valence-corrected chi connectivity index (χ1v) is 8.40.